The molecule has 1 aromatic carbocycles. The van der Waals surface area contributed by atoms with E-state index in [1.165, 1.54) is 12.1 Å². The fourth-order valence-electron chi connectivity index (χ4n) is 4.07. The number of hydrogen-bond donors (Lipinski definition) is 1. The van der Waals surface area contributed by atoms with Gasteiger partial charge in [-0.2, -0.15) is 0 Å². The van der Waals surface area contributed by atoms with Gasteiger partial charge in [0.2, 0.25) is 0 Å². The summed E-state index contributed by atoms with van der Waals surface area (Å²) < 4.78 is 0. The molecular formula is C23H33N5O. The largest absolute Gasteiger partial charge is 0.372 e. The molecule has 1 aliphatic heterocycles. The first-order valence-electron chi connectivity index (χ1n) is 10.8. The number of hydrogen-bond acceptors (Lipinski definition) is 5. The Balaban J connectivity index is 1.77. The number of aromatic nitrogens is 2. The lowest BCUT2D eigenvalue weighted by molar-refractivity contribution is 0.0601. The van der Waals surface area contributed by atoms with Crippen LogP contribution in [0.25, 0.3) is 0 Å². The number of nitrogens with zero attached hydrogens (tertiary/aromatic N) is 4. The standard InChI is InChI=1S/C23H33N5O/c1-5-19-10-8-9-15-28(19)23(29)21-16-22(25-17(4)24-21)26-18-11-13-20(14-12-18)27(6-2)7-3/h11-14,16,19H,5-10,15H2,1-4H3,(H,24,25,26). The minimum atomic E-state index is 0.0157. The normalized spacial score (nSPS) is 16.6. The number of piperidine rings is 1. The fourth-order valence-corrected chi connectivity index (χ4v) is 4.07. The summed E-state index contributed by atoms with van der Waals surface area (Å²) in [4.78, 5) is 26.3. The minimum absolute atomic E-state index is 0.0157. The van der Waals surface area contributed by atoms with Gasteiger partial charge >= 0.3 is 0 Å². The summed E-state index contributed by atoms with van der Waals surface area (Å²) in [5.74, 6) is 1.27. The van der Waals surface area contributed by atoms with Crippen LogP contribution in [0.1, 0.15) is 62.8 Å². The Morgan fingerprint density at radius 1 is 1.14 bits per heavy atom. The number of rotatable bonds is 7. The molecule has 1 amide bonds. The summed E-state index contributed by atoms with van der Waals surface area (Å²) in [6, 6.07) is 10.4. The van der Waals surface area contributed by atoms with E-state index in [2.05, 4.69) is 53.1 Å². The highest BCUT2D eigenvalue weighted by Gasteiger charge is 2.27. The van der Waals surface area contributed by atoms with Gasteiger partial charge in [0, 0.05) is 43.1 Å². The molecule has 2 aromatic rings. The smallest absolute Gasteiger partial charge is 0.272 e. The van der Waals surface area contributed by atoms with E-state index < -0.39 is 0 Å². The van der Waals surface area contributed by atoms with Gasteiger partial charge in [0.1, 0.15) is 17.3 Å². The summed E-state index contributed by atoms with van der Waals surface area (Å²) in [7, 11) is 0. The number of amides is 1. The van der Waals surface area contributed by atoms with Crippen LogP contribution in [-0.4, -0.2) is 46.5 Å². The maximum absolute atomic E-state index is 13.1. The number of aryl methyl sites for hydroxylation is 1. The van der Waals surface area contributed by atoms with Crippen LogP contribution in [0.4, 0.5) is 17.2 Å². The topological polar surface area (TPSA) is 61.4 Å². The Labute approximate surface area is 174 Å². The van der Waals surface area contributed by atoms with Gasteiger partial charge in [-0.3, -0.25) is 4.79 Å². The number of anilines is 3. The second kappa shape index (κ2) is 9.72. The summed E-state index contributed by atoms with van der Waals surface area (Å²) in [5.41, 5.74) is 2.62. The highest BCUT2D eigenvalue weighted by atomic mass is 16.2. The lowest BCUT2D eigenvalue weighted by atomic mass is 9.99. The van der Waals surface area contributed by atoms with Crippen molar-refractivity contribution in [3.63, 3.8) is 0 Å². The summed E-state index contributed by atoms with van der Waals surface area (Å²) >= 11 is 0. The molecule has 0 spiro atoms. The zero-order chi connectivity index (χ0) is 20.8. The van der Waals surface area contributed by atoms with E-state index in [1.54, 1.807) is 6.07 Å². The highest BCUT2D eigenvalue weighted by molar-refractivity contribution is 5.93. The molecule has 29 heavy (non-hydrogen) atoms. The second-order valence-corrected chi connectivity index (χ2v) is 7.59. The molecule has 156 valence electrons. The molecule has 6 heteroatoms. The molecule has 1 N–H and O–H groups in total. The van der Waals surface area contributed by atoms with Crippen molar-refractivity contribution in [3.05, 3.63) is 41.9 Å². The third-order valence-corrected chi connectivity index (χ3v) is 5.68. The third kappa shape index (κ3) is 5.05. The van der Waals surface area contributed by atoms with Crippen LogP contribution in [0.3, 0.4) is 0 Å². The van der Waals surface area contributed by atoms with Gasteiger partial charge in [0.25, 0.3) is 5.91 Å². The number of nitrogens with one attached hydrogen (secondary N) is 1. The zero-order valence-corrected chi connectivity index (χ0v) is 18.1. The zero-order valence-electron chi connectivity index (χ0n) is 18.1. The molecule has 1 saturated heterocycles. The van der Waals surface area contributed by atoms with Gasteiger partial charge in [0.05, 0.1) is 0 Å². The Morgan fingerprint density at radius 3 is 2.52 bits per heavy atom. The summed E-state index contributed by atoms with van der Waals surface area (Å²) in [5, 5.41) is 3.33. The number of benzene rings is 1. The minimum Gasteiger partial charge on any atom is -0.372 e. The van der Waals surface area contributed by atoms with Gasteiger partial charge in [-0.1, -0.05) is 6.92 Å². The maximum Gasteiger partial charge on any atom is 0.272 e. The van der Waals surface area contributed by atoms with E-state index >= 15 is 0 Å². The molecule has 1 atom stereocenters. The summed E-state index contributed by atoms with van der Waals surface area (Å²) in [6.45, 7) is 11.1. The number of carbonyl (C=O) groups is 1. The fraction of sp³-hybridized carbons (Fsp3) is 0.522. The quantitative estimate of drug-likeness (QED) is 0.731. The third-order valence-electron chi connectivity index (χ3n) is 5.68. The van der Waals surface area contributed by atoms with Crippen LogP contribution in [-0.2, 0) is 0 Å². The van der Waals surface area contributed by atoms with Crippen molar-refractivity contribution in [2.24, 2.45) is 0 Å². The average molecular weight is 396 g/mol. The molecule has 2 heterocycles. The Hall–Kier alpha value is -2.63. The van der Waals surface area contributed by atoms with E-state index in [-0.39, 0.29) is 5.91 Å². The Bertz CT molecular complexity index is 817. The first-order chi connectivity index (χ1) is 14.0. The lowest BCUT2D eigenvalue weighted by Gasteiger charge is -2.35. The molecule has 0 aliphatic carbocycles. The van der Waals surface area contributed by atoms with Crippen molar-refractivity contribution in [2.75, 3.05) is 29.9 Å². The van der Waals surface area contributed by atoms with Crippen LogP contribution in [0.15, 0.2) is 30.3 Å². The van der Waals surface area contributed by atoms with Crippen molar-refractivity contribution in [1.82, 2.24) is 14.9 Å². The van der Waals surface area contributed by atoms with E-state index in [9.17, 15) is 4.79 Å². The Kier molecular flexibility index (Phi) is 7.07. The van der Waals surface area contributed by atoms with E-state index in [0.717, 1.165) is 44.6 Å². The molecule has 3 rings (SSSR count). The van der Waals surface area contributed by atoms with E-state index in [1.807, 2.05) is 24.0 Å². The van der Waals surface area contributed by atoms with Crippen LogP contribution < -0.4 is 10.2 Å². The number of likely N-dealkylation sites (tertiary alicyclic amines) is 1. The molecular weight excluding hydrogens is 362 g/mol. The van der Waals surface area contributed by atoms with E-state index in [0.29, 0.717) is 23.4 Å². The van der Waals surface area contributed by atoms with Crippen LogP contribution in [0.2, 0.25) is 0 Å². The lowest BCUT2D eigenvalue weighted by Crippen LogP contribution is -2.43. The van der Waals surface area contributed by atoms with Crippen LogP contribution in [0.5, 0.6) is 0 Å². The number of carbonyl (C=O) groups excluding carboxylic acids is 1. The van der Waals surface area contributed by atoms with Crippen molar-refractivity contribution >= 4 is 23.1 Å². The molecule has 1 fully saturated rings. The van der Waals surface area contributed by atoms with Gasteiger partial charge < -0.3 is 15.1 Å². The Morgan fingerprint density at radius 2 is 1.86 bits per heavy atom. The van der Waals surface area contributed by atoms with Crippen molar-refractivity contribution < 1.29 is 4.79 Å². The van der Waals surface area contributed by atoms with Gasteiger partial charge in [0.15, 0.2) is 0 Å². The molecule has 0 bridgehead atoms. The summed E-state index contributed by atoms with van der Waals surface area (Å²) in [6.07, 6.45) is 4.33. The average Bonchev–Trinajstić information content (AvgIpc) is 2.74. The molecule has 0 saturated carbocycles. The van der Waals surface area contributed by atoms with Crippen molar-refractivity contribution in [1.29, 1.82) is 0 Å². The monoisotopic (exact) mass is 395 g/mol. The first-order valence-corrected chi connectivity index (χ1v) is 10.8. The molecule has 1 unspecified atom stereocenters. The highest BCUT2D eigenvalue weighted by Crippen LogP contribution is 2.24. The van der Waals surface area contributed by atoms with Crippen molar-refractivity contribution in [2.45, 2.75) is 59.4 Å². The maximum atomic E-state index is 13.1. The SMILES string of the molecule is CCC1CCCCN1C(=O)c1cc(Nc2ccc(N(CC)CC)cc2)nc(C)n1. The second-order valence-electron chi connectivity index (χ2n) is 7.59. The van der Waals surface area contributed by atoms with Crippen LogP contribution in [0, 0.1) is 6.92 Å². The van der Waals surface area contributed by atoms with Gasteiger partial charge in [-0.05, 0) is 70.7 Å². The molecule has 6 nitrogen and oxygen atoms in total. The van der Waals surface area contributed by atoms with Crippen molar-refractivity contribution in [3.8, 4) is 0 Å². The van der Waals surface area contributed by atoms with Gasteiger partial charge in [-0.25, -0.2) is 9.97 Å². The molecule has 1 aliphatic rings. The first kappa shape index (κ1) is 21.1. The van der Waals surface area contributed by atoms with Crippen LogP contribution >= 0.6 is 0 Å². The predicted octanol–water partition coefficient (Wildman–Crippen LogP) is 4.78. The van der Waals surface area contributed by atoms with E-state index in [4.69, 9.17) is 0 Å². The van der Waals surface area contributed by atoms with Gasteiger partial charge in [-0.15, -0.1) is 0 Å². The molecule has 0 radical (unpaired) electrons. The molecule has 1 aromatic heterocycles. The predicted molar refractivity (Wildman–Crippen MR) is 119 cm³/mol.